The maximum atomic E-state index is 10.8. The van der Waals surface area contributed by atoms with E-state index in [9.17, 15) is 4.79 Å². The highest BCUT2D eigenvalue weighted by Crippen LogP contribution is 2.09. The summed E-state index contributed by atoms with van der Waals surface area (Å²) in [5.41, 5.74) is 0. The molecule has 66 valence electrons. The van der Waals surface area contributed by atoms with E-state index >= 15 is 0 Å². The van der Waals surface area contributed by atoms with Crippen LogP contribution in [0.1, 0.15) is 6.42 Å². The zero-order valence-electron chi connectivity index (χ0n) is 6.94. The zero-order chi connectivity index (χ0) is 8.97. The Hall–Kier alpha value is -1.09. The Bertz CT molecular complexity index is 203. The molecule has 1 unspecified atom stereocenters. The summed E-state index contributed by atoms with van der Waals surface area (Å²) in [6, 6.07) is -0.405. The molecule has 0 aromatic heterocycles. The van der Waals surface area contributed by atoms with Gasteiger partial charge in [-0.15, -0.1) is 6.58 Å². The molecule has 1 atom stereocenters. The van der Waals surface area contributed by atoms with E-state index in [0.717, 1.165) is 13.1 Å². The number of aliphatic carboxylic acids is 1. The fourth-order valence-electron chi connectivity index (χ4n) is 1.31. The van der Waals surface area contributed by atoms with Crippen molar-refractivity contribution in [1.82, 2.24) is 4.90 Å². The molecular weight excluding hydrogens is 154 g/mol. The molecule has 0 aliphatic carbocycles. The highest BCUT2D eigenvalue weighted by Gasteiger charge is 2.23. The average molecular weight is 167 g/mol. The van der Waals surface area contributed by atoms with Gasteiger partial charge in [0, 0.05) is 13.1 Å². The average Bonchev–Trinajstić information content (AvgIpc) is 2.51. The molecular formula is C9H13NO2. The second-order valence-corrected chi connectivity index (χ2v) is 2.80. The highest BCUT2D eigenvalue weighted by atomic mass is 16.4. The van der Waals surface area contributed by atoms with Crippen molar-refractivity contribution >= 4 is 5.97 Å². The molecule has 12 heavy (non-hydrogen) atoms. The van der Waals surface area contributed by atoms with Crippen molar-refractivity contribution in [3.05, 3.63) is 24.8 Å². The van der Waals surface area contributed by atoms with E-state index in [4.69, 9.17) is 5.11 Å². The summed E-state index contributed by atoms with van der Waals surface area (Å²) in [5.74, 6) is -0.765. The zero-order valence-corrected chi connectivity index (χ0v) is 6.94. The van der Waals surface area contributed by atoms with Gasteiger partial charge in [0.2, 0.25) is 0 Å². The second-order valence-electron chi connectivity index (χ2n) is 2.80. The molecule has 1 aliphatic heterocycles. The Balaban J connectivity index is 2.52. The standard InChI is InChI=1S/C9H13NO2/c1-2-5-8(9(11)12)10-6-3-4-7-10/h2-4,8H,1,5-7H2,(H,11,12). The molecule has 3 nitrogen and oxygen atoms in total. The number of carboxylic acid groups (broad SMARTS) is 1. The van der Waals surface area contributed by atoms with Crippen LogP contribution in [0.5, 0.6) is 0 Å². The summed E-state index contributed by atoms with van der Waals surface area (Å²) >= 11 is 0. The Morgan fingerprint density at radius 1 is 1.67 bits per heavy atom. The van der Waals surface area contributed by atoms with E-state index in [1.165, 1.54) is 0 Å². The van der Waals surface area contributed by atoms with Gasteiger partial charge in [-0.2, -0.15) is 0 Å². The van der Waals surface area contributed by atoms with E-state index in [0.29, 0.717) is 6.42 Å². The molecule has 0 amide bonds. The Labute approximate surface area is 72.0 Å². The lowest BCUT2D eigenvalue weighted by Crippen LogP contribution is -2.39. The van der Waals surface area contributed by atoms with Crippen LogP contribution >= 0.6 is 0 Å². The van der Waals surface area contributed by atoms with Crippen LogP contribution in [-0.2, 0) is 4.79 Å². The van der Waals surface area contributed by atoms with Crippen molar-refractivity contribution in [2.45, 2.75) is 12.5 Å². The molecule has 1 rings (SSSR count). The third-order valence-electron chi connectivity index (χ3n) is 1.96. The molecule has 0 saturated heterocycles. The summed E-state index contributed by atoms with van der Waals surface area (Å²) in [4.78, 5) is 12.7. The lowest BCUT2D eigenvalue weighted by molar-refractivity contribution is -0.142. The van der Waals surface area contributed by atoms with Crippen LogP contribution < -0.4 is 0 Å². The minimum absolute atomic E-state index is 0.405. The summed E-state index contributed by atoms with van der Waals surface area (Å²) in [6.45, 7) is 5.03. The normalized spacial score (nSPS) is 19.3. The monoisotopic (exact) mass is 167 g/mol. The smallest absolute Gasteiger partial charge is 0.321 e. The minimum atomic E-state index is -0.765. The predicted molar refractivity (Wildman–Crippen MR) is 47.0 cm³/mol. The van der Waals surface area contributed by atoms with Gasteiger partial charge in [-0.3, -0.25) is 9.69 Å². The first-order valence-corrected chi connectivity index (χ1v) is 3.98. The molecule has 1 heterocycles. The van der Waals surface area contributed by atoms with E-state index in [1.807, 2.05) is 17.1 Å². The maximum Gasteiger partial charge on any atom is 0.321 e. The molecule has 3 heteroatoms. The summed E-state index contributed by atoms with van der Waals surface area (Å²) in [7, 11) is 0. The number of rotatable bonds is 4. The number of carboxylic acids is 1. The summed E-state index contributed by atoms with van der Waals surface area (Å²) in [5, 5.41) is 8.85. The predicted octanol–water partition coefficient (Wildman–Crippen LogP) is 0.887. The Morgan fingerprint density at radius 3 is 2.67 bits per heavy atom. The van der Waals surface area contributed by atoms with Crippen molar-refractivity contribution < 1.29 is 9.90 Å². The quantitative estimate of drug-likeness (QED) is 0.632. The molecule has 0 bridgehead atoms. The van der Waals surface area contributed by atoms with E-state index in [2.05, 4.69) is 6.58 Å². The number of carbonyl (C=O) groups is 1. The van der Waals surface area contributed by atoms with Gasteiger partial charge in [0.25, 0.3) is 0 Å². The van der Waals surface area contributed by atoms with Crippen molar-refractivity contribution in [2.24, 2.45) is 0 Å². The van der Waals surface area contributed by atoms with Gasteiger partial charge in [0.15, 0.2) is 0 Å². The van der Waals surface area contributed by atoms with Crippen molar-refractivity contribution in [2.75, 3.05) is 13.1 Å². The van der Waals surface area contributed by atoms with Gasteiger partial charge in [-0.1, -0.05) is 18.2 Å². The van der Waals surface area contributed by atoms with Gasteiger partial charge in [0.05, 0.1) is 0 Å². The topological polar surface area (TPSA) is 40.5 Å². The minimum Gasteiger partial charge on any atom is -0.480 e. The second kappa shape index (κ2) is 4.07. The maximum absolute atomic E-state index is 10.8. The number of hydrogen-bond acceptors (Lipinski definition) is 2. The molecule has 0 fully saturated rings. The van der Waals surface area contributed by atoms with Gasteiger partial charge in [-0.25, -0.2) is 0 Å². The third kappa shape index (κ3) is 1.95. The Morgan fingerprint density at radius 2 is 2.25 bits per heavy atom. The SMILES string of the molecule is C=CCC(C(=O)O)N1CC=CC1. The molecule has 0 radical (unpaired) electrons. The first kappa shape index (κ1) is 9.00. The first-order chi connectivity index (χ1) is 5.75. The Kier molecular flexibility index (Phi) is 3.05. The van der Waals surface area contributed by atoms with Crippen LogP contribution in [-0.4, -0.2) is 35.1 Å². The van der Waals surface area contributed by atoms with Crippen LogP contribution in [0.15, 0.2) is 24.8 Å². The largest absolute Gasteiger partial charge is 0.480 e. The van der Waals surface area contributed by atoms with Gasteiger partial charge in [-0.05, 0) is 6.42 Å². The highest BCUT2D eigenvalue weighted by molar-refractivity contribution is 5.73. The van der Waals surface area contributed by atoms with Crippen LogP contribution in [0.3, 0.4) is 0 Å². The molecule has 0 saturated carbocycles. The van der Waals surface area contributed by atoms with E-state index < -0.39 is 12.0 Å². The van der Waals surface area contributed by atoms with Crippen LogP contribution in [0, 0.1) is 0 Å². The number of nitrogens with zero attached hydrogens (tertiary/aromatic N) is 1. The van der Waals surface area contributed by atoms with Crippen LogP contribution in [0.2, 0.25) is 0 Å². The van der Waals surface area contributed by atoms with Crippen molar-refractivity contribution in [3.63, 3.8) is 0 Å². The van der Waals surface area contributed by atoms with Gasteiger partial charge < -0.3 is 5.11 Å². The fourth-order valence-corrected chi connectivity index (χ4v) is 1.31. The fraction of sp³-hybridized carbons (Fsp3) is 0.444. The number of hydrogen-bond donors (Lipinski definition) is 1. The lowest BCUT2D eigenvalue weighted by atomic mass is 10.2. The van der Waals surface area contributed by atoms with E-state index in [-0.39, 0.29) is 0 Å². The van der Waals surface area contributed by atoms with Gasteiger partial charge in [0.1, 0.15) is 6.04 Å². The van der Waals surface area contributed by atoms with Crippen molar-refractivity contribution in [1.29, 1.82) is 0 Å². The van der Waals surface area contributed by atoms with Crippen molar-refractivity contribution in [3.8, 4) is 0 Å². The third-order valence-corrected chi connectivity index (χ3v) is 1.96. The summed E-state index contributed by atoms with van der Waals surface area (Å²) in [6.07, 6.45) is 6.13. The molecule has 0 aromatic carbocycles. The van der Waals surface area contributed by atoms with Crippen LogP contribution in [0.4, 0.5) is 0 Å². The molecule has 1 N–H and O–H groups in total. The van der Waals surface area contributed by atoms with Crippen LogP contribution in [0.25, 0.3) is 0 Å². The lowest BCUT2D eigenvalue weighted by Gasteiger charge is -2.22. The van der Waals surface area contributed by atoms with Gasteiger partial charge >= 0.3 is 5.97 Å². The summed E-state index contributed by atoms with van der Waals surface area (Å²) < 4.78 is 0. The molecule has 0 spiro atoms. The molecule has 0 aromatic rings. The molecule has 1 aliphatic rings. The first-order valence-electron chi connectivity index (χ1n) is 3.98. The van der Waals surface area contributed by atoms with E-state index in [1.54, 1.807) is 6.08 Å².